The molecule has 0 aliphatic carbocycles. The molecule has 0 radical (unpaired) electrons. The van der Waals surface area contributed by atoms with Gasteiger partial charge in [-0.3, -0.25) is 14.4 Å². The molecule has 166 valence electrons. The molecule has 2 amide bonds. The van der Waals surface area contributed by atoms with E-state index in [0.717, 1.165) is 4.90 Å². The minimum atomic E-state index is -0.777. The standard InChI is InChI=1S/C25H20N2O6/c1-2-32-19-10-8-18(9-11-19)27-23(29)20-12-5-16(13-21(20)24(27)30)25(31)33-14-22(28)15-3-6-17(26)7-4-15/h3-13H,2,14,26H2,1H3. The number of hydrogen-bond donors (Lipinski definition) is 1. The summed E-state index contributed by atoms with van der Waals surface area (Å²) in [6, 6.07) is 16.9. The molecule has 0 spiro atoms. The molecule has 1 aliphatic rings. The monoisotopic (exact) mass is 444 g/mol. The number of carbonyl (C=O) groups excluding carboxylic acids is 4. The molecule has 0 saturated carbocycles. The Hall–Kier alpha value is -4.46. The number of ketones is 1. The maximum absolute atomic E-state index is 12.9. The summed E-state index contributed by atoms with van der Waals surface area (Å²) < 4.78 is 10.5. The summed E-state index contributed by atoms with van der Waals surface area (Å²) >= 11 is 0. The van der Waals surface area contributed by atoms with E-state index in [9.17, 15) is 19.2 Å². The van der Waals surface area contributed by atoms with Gasteiger partial charge in [0, 0.05) is 11.3 Å². The number of rotatable bonds is 7. The van der Waals surface area contributed by atoms with Gasteiger partial charge < -0.3 is 15.2 Å². The van der Waals surface area contributed by atoms with E-state index in [0.29, 0.717) is 29.3 Å². The van der Waals surface area contributed by atoms with Crippen molar-refractivity contribution in [3.8, 4) is 5.75 Å². The zero-order valence-corrected chi connectivity index (χ0v) is 17.7. The maximum atomic E-state index is 12.9. The highest BCUT2D eigenvalue weighted by molar-refractivity contribution is 6.34. The van der Waals surface area contributed by atoms with Gasteiger partial charge in [0.1, 0.15) is 5.75 Å². The van der Waals surface area contributed by atoms with E-state index in [1.807, 2.05) is 6.92 Å². The van der Waals surface area contributed by atoms with Crippen LogP contribution < -0.4 is 15.4 Å². The Morgan fingerprint density at radius 3 is 2.15 bits per heavy atom. The van der Waals surface area contributed by atoms with Crippen LogP contribution in [0.3, 0.4) is 0 Å². The number of carbonyl (C=O) groups is 4. The van der Waals surface area contributed by atoms with Crippen LogP contribution >= 0.6 is 0 Å². The highest BCUT2D eigenvalue weighted by Crippen LogP contribution is 2.30. The highest BCUT2D eigenvalue weighted by Gasteiger charge is 2.37. The number of esters is 1. The minimum Gasteiger partial charge on any atom is -0.494 e. The molecule has 0 fully saturated rings. The Morgan fingerprint density at radius 1 is 0.848 bits per heavy atom. The number of anilines is 2. The fraction of sp³-hybridized carbons (Fsp3) is 0.120. The molecular formula is C25H20N2O6. The zero-order valence-electron chi connectivity index (χ0n) is 17.7. The first kappa shape index (κ1) is 21.8. The number of Topliss-reactive ketones (excluding diaryl/α,β-unsaturated/α-hetero) is 1. The van der Waals surface area contributed by atoms with Crippen molar-refractivity contribution in [2.45, 2.75) is 6.92 Å². The summed E-state index contributed by atoms with van der Waals surface area (Å²) in [5.41, 5.74) is 7.20. The molecule has 3 aromatic carbocycles. The van der Waals surface area contributed by atoms with Crippen molar-refractivity contribution in [2.75, 3.05) is 23.8 Å². The third kappa shape index (κ3) is 4.31. The van der Waals surface area contributed by atoms with E-state index in [4.69, 9.17) is 15.2 Å². The van der Waals surface area contributed by atoms with Gasteiger partial charge in [-0.25, -0.2) is 9.69 Å². The van der Waals surface area contributed by atoms with Crippen molar-refractivity contribution in [3.63, 3.8) is 0 Å². The van der Waals surface area contributed by atoms with Crippen molar-refractivity contribution in [1.29, 1.82) is 0 Å². The minimum absolute atomic E-state index is 0.0635. The second-order valence-electron chi connectivity index (χ2n) is 7.25. The molecule has 4 rings (SSSR count). The fourth-order valence-electron chi connectivity index (χ4n) is 3.43. The van der Waals surface area contributed by atoms with Crippen LogP contribution in [0.15, 0.2) is 66.7 Å². The second-order valence-corrected chi connectivity index (χ2v) is 7.25. The van der Waals surface area contributed by atoms with Gasteiger partial charge in [-0.15, -0.1) is 0 Å². The van der Waals surface area contributed by atoms with Crippen LogP contribution in [-0.2, 0) is 4.74 Å². The number of nitrogens with zero attached hydrogens (tertiary/aromatic N) is 1. The lowest BCUT2D eigenvalue weighted by Gasteiger charge is -2.14. The van der Waals surface area contributed by atoms with Crippen LogP contribution in [0, 0.1) is 0 Å². The van der Waals surface area contributed by atoms with Gasteiger partial charge in [-0.05, 0) is 73.7 Å². The molecule has 0 atom stereocenters. The number of nitrogen functional groups attached to an aromatic ring is 1. The lowest BCUT2D eigenvalue weighted by atomic mass is 10.1. The maximum Gasteiger partial charge on any atom is 0.338 e. The molecule has 8 nitrogen and oxygen atoms in total. The summed E-state index contributed by atoms with van der Waals surface area (Å²) in [6.07, 6.45) is 0. The van der Waals surface area contributed by atoms with E-state index in [1.165, 1.54) is 18.2 Å². The Balaban J connectivity index is 1.48. The third-order valence-electron chi connectivity index (χ3n) is 5.10. The first-order valence-electron chi connectivity index (χ1n) is 10.2. The highest BCUT2D eigenvalue weighted by atomic mass is 16.5. The van der Waals surface area contributed by atoms with E-state index < -0.39 is 30.2 Å². The Morgan fingerprint density at radius 2 is 1.48 bits per heavy atom. The van der Waals surface area contributed by atoms with Crippen molar-refractivity contribution in [3.05, 3.63) is 89.0 Å². The lowest BCUT2D eigenvalue weighted by molar-refractivity contribution is 0.0474. The van der Waals surface area contributed by atoms with E-state index >= 15 is 0 Å². The quantitative estimate of drug-likeness (QED) is 0.257. The second kappa shape index (κ2) is 8.96. The molecule has 3 aromatic rings. The number of hydrogen-bond acceptors (Lipinski definition) is 7. The largest absolute Gasteiger partial charge is 0.494 e. The van der Waals surface area contributed by atoms with Crippen LogP contribution in [-0.4, -0.2) is 36.8 Å². The predicted octanol–water partition coefficient (Wildman–Crippen LogP) is 3.51. The average Bonchev–Trinajstić information content (AvgIpc) is 3.08. The number of amides is 2. The predicted molar refractivity (Wildman–Crippen MR) is 121 cm³/mol. The lowest BCUT2D eigenvalue weighted by Crippen LogP contribution is -2.29. The first-order valence-corrected chi connectivity index (χ1v) is 10.2. The summed E-state index contributed by atoms with van der Waals surface area (Å²) in [5, 5.41) is 0. The van der Waals surface area contributed by atoms with Gasteiger partial charge >= 0.3 is 5.97 Å². The SMILES string of the molecule is CCOc1ccc(N2C(=O)c3ccc(C(=O)OCC(=O)c4ccc(N)cc4)cc3C2=O)cc1. The molecule has 2 N–H and O–H groups in total. The summed E-state index contributed by atoms with van der Waals surface area (Å²) in [4.78, 5) is 51.4. The van der Waals surface area contributed by atoms with Crippen molar-refractivity contribution in [1.82, 2.24) is 0 Å². The Bertz CT molecular complexity index is 1250. The number of nitrogens with two attached hydrogens (primary N) is 1. The van der Waals surface area contributed by atoms with Crippen molar-refractivity contribution >= 4 is 34.9 Å². The Kier molecular flexibility index (Phi) is 5.91. The van der Waals surface area contributed by atoms with Gasteiger partial charge in [-0.2, -0.15) is 0 Å². The molecule has 33 heavy (non-hydrogen) atoms. The summed E-state index contributed by atoms with van der Waals surface area (Å²) in [7, 11) is 0. The molecule has 0 saturated heterocycles. The first-order chi connectivity index (χ1) is 15.9. The van der Waals surface area contributed by atoms with Gasteiger partial charge in [-0.1, -0.05) is 0 Å². The fourth-order valence-corrected chi connectivity index (χ4v) is 3.43. The summed E-state index contributed by atoms with van der Waals surface area (Å²) in [5.74, 6) is -1.58. The average molecular weight is 444 g/mol. The van der Waals surface area contributed by atoms with Gasteiger partial charge in [0.15, 0.2) is 12.4 Å². The van der Waals surface area contributed by atoms with Crippen molar-refractivity contribution in [2.24, 2.45) is 0 Å². The van der Waals surface area contributed by atoms with Crippen LogP contribution in [0.5, 0.6) is 5.75 Å². The number of fused-ring (bicyclic) bond motifs is 1. The number of imide groups is 1. The van der Waals surface area contributed by atoms with Gasteiger partial charge in [0.2, 0.25) is 0 Å². The van der Waals surface area contributed by atoms with Gasteiger partial charge in [0.05, 0.1) is 29.0 Å². The topological polar surface area (TPSA) is 116 Å². The van der Waals surface area contributed by atoms with Crippen LogP contribution in [0.2, 0.25) is 0 Å². The molecular weight excluding hydrogens is 424 g/mol. The number of benzene rings is 3. The van der Waals surface area contributed by atoms with Crippen LogP contribution in [0.4, 0.5) is 11.4 Å². The molecule has 1 heterocycles. The normalized spacial score (nSPS) is 12.5. The molecule has 1 aliphatic heterocycles. The smallest absolute Gasteiger partial charge is 0.338 e. The molecule has 0 bridgehead atoms. The zero-order chi connectivity index (χ0) is 23.5. The molecule has 0 aromatic heterocycles. The van der Waals surface area contributed by atoms with Crippen LogP contribution in [0.25, 0.3) is 0 Å². The third-order valence-corrected chi connectivity index (χ3v) is 5.10. The van der Waals surface area contributed by atoms with E-state index in [1.54, 1.807) is 48.5 Å². The van der Waals surface area contributed by atoms with Crippen molar-refractivity contribution < 1.29 is 28.7 Å². The summed E-state index contributed by atoms with van der Waals surface area (Å²) in [6.45, 7) is 1.89. The number of ether oxygens (including phenoxy) is 2. The van der Waals surface area contributed by atoms with E-state index in [-0.39, 0.29) is 16.7 Å². The molecule has 8 heteroatoms. The molecule has 0 unspecified atom stereocenters. The Labute approximate surface area is 189 Å². The van der Waals surface area contributed by atoms with Crippen LogP contribution in [0.1, 0.15) is 48.4 Å². The van der Waals surface area contributed by atoms with E-state index in [2.05, 4.69) is 0 Å². The van der Waals surface area contributed by atoms with Gasteiger partial charge in [0.25, 0.3) is 11.8 Å².